The maximum absolute atomic E-state index is 12.1. The fraction of sp³-hybridized carbons (Fsp3) is 0.263. The number of alkyl halides is 3. The topological polar surface area (TPSA) is 67.4 Å². The summed E-state index contributed by atoms with van der Waals surface area (Å²) in [6.07, 6.45) is -4.36. The van der Waals surface area contributed by atoms with Gasteiger partial charge in [0.1, 0.15) is 6.61 Å². The van der Waals surface area contributed by atoms with Gasteiger partial charge in [-0.15, -0.1) is 0 Å². The van der Waals surface area contributed by atoms with Crippen LogP contribution >= 0.6 is 0 Å². The molecule has 0 saturated carbocycles. The number of hydrogen-bond acceptors (Lipinski definition) is 3. The van der Waals surface area contributed by atoms with Crippen LogP contribution in [0.3, 0.4) is 0 Å². The minimum Gasteiger partial charge on any atom is -0.367 e. The molecule has 5 nitrogen and oxygen atoms in total. The molecule has 0 spiro atoms. The molecule has 0 heterocycles. The van der Waals surface area contributed by atoms with Gasteiger partial charge < -0.3 is 15.4 Å². The lowest BCUT2D eigenvalue weighted by molar-refractivity contribution is -0.176. The summed E-state index contributed by atoms with van der Waals surface area (Å²) in [5.41, 5.74) is 2.28. The van der Waals surface area contributed by atoms with Crippen molar-refractivity contribution in [2.24, 2.45) is 0 Å². The number of benzene rings is 2. The van der Waals surface area contributed by atoms with E-state index < -0.39 is 12.8 Å². The van der Waals surface area contributed by atoms with E-state index in [1.54, 1.807) is 43.4 Å². The third kappa shape index (κ3) is 6.74. The summed E-state index contributed by atoms with van der Waals surface area (Å²) in [6.45, 7) is -1.21. The van der Waals surface area contributed by atoms with Crippen molar-refractivity contribution >= 4 is 11.8 Å². The second-order valence-corrected chi connectivity index (χ2v) is 5.76. The first kappa shape index (κ1) is 20.4. The van der Waals surface area contributed by atoms with E-state index in [9.17, 15) is 22.8 Å². The molecule has 0 saturated heterocycles. The monoisotopic (exact) mass is 380 g/mol. The summed E-state index contributed by atoms with van der Waals surface area (Å²) in [5, 5.41) is 5.26. The Morgan fingerprint density at radius 1 is 0.889 bits per heavy atom. The smallest absolute Gasteiger partial charge is 0.367 e. The predicted octanol–water partition coefficient (Wildman–Crippen LogP) is 3.06. The Balaban J connectivity index is 1.84. The minimum atomic E-state index is -4.36. The lowest BCUT2D eigenvalue weighted by Crippen LogP contribution is -2.23. The fourth-order valence-electron chi connectivity index (χ4n) is 2.24. The Labute approximate surface area is 154 Å². The van der Waals surface area contributed by atoms with Crippen LogP contribution in [0, 0.1) is 0 Å². The van der Waals surface area contributed by atoms with Crippen LogP contribution in [0.15, 0.2) is 48.5 Å². The zero-order valence-electron chi connectivity index (χ0n) is 14.6. The van der Waals surface area contributed by atoms with Gasteiger partial charge in [0.2, 0.25) is 0 Å². The van der Waals surface area contributed by atoms with E-state index in [0.29, 0.717) is 16.7 Å². The maximum Gasteiger partial charge on any atom is 0.411 e. The summed E-state index contributed by atoms with van der Waals surface area (Å²) < 4.78 is 40.7. The molecule has 0 fully saturated rings. The van der Waals surface area contributed by atoms with Crippen LogP contribution in [0.5, 0.6) is 0 Å². The number of carbonyl (C=O) groups excluding carboxylic acids is 2. The highest BCUT2D eigenvalue weighted by atomic mass is 19.4. The van der Waals surface area contributed by atoms with Gasteiger partial charge in [-0.25, -0.2) is 0 Å². The lowest BCUT2D eigenvalue weighted by atomic mass is 10.1. The first-order valence-electron chi connectivity index (χ1n) is 8.11. The number of amides is 2. The van der Waals surface area contributed by atoms with E-state index in [0.717, 1.165) is 5.56 Å². The summed E-state index contributed by atoms with van der Waals surface area (Å²) >= 11 is 0. The zero-order valence-corrected chi connectivity index (χ0v) is 14.6. The SMILES string of the molecule is CNC(=O)c1ccc(CNC(=O)c2ccc(COCC(F)(F)F)cc2)cc1. The van der Waals surface area contributed by atoms with E-state index >= 15 is 0 Å². The van der Waals surface area contributed by atoms with Crippen LogP contribution in [-0.2, 0) is 17.9 Å². The third-order valence-electron chi connectivity index (χ3n) is 3.65. The molecule has 0 bridgehead atoms. The average molecular weight is 380 g/mol. The van der Waals surface area contributed by atoms with Crippen molar-refractivity contribution in [3.8, 4) is 0 Å². The van der Waals surface area contributed by atoms with Gasteiger partial charge in [0.25, 0.3) is 11.8 Å². The van der Waals surface area contributed by atoms with E-state index in [4.69, 9.17) is 0 Å². The van der Waals surface area contributed by atoms with Gasteiger partial charge >= 0.3 is 6.18 Å². The first-order valence-corrected chi connectivity index (χ1v) is 8.11. The predicted molar refractivity (Wildman–Crippen MR) is 93.2 cm³/mol. The Morgan fingerprint density at radius 3 is 1.93 bits per heavy atom. The molecule has 8 heteroatoms. The van der Waals surface area contributed by atoms with Crippen molar-refractivity contribution < 1.29 is 27.5 Å². The van der Waals surface area contributed by atoms with Crippen LogP contribution in [-0.4, -0.2) is 31.6 Å². The molecule has 2 aromatic rings. The molecule has 2 rings (SSSR count). The standard InChI is InChI=1S/C19H19F3N2O3/c1-23-17(25)15-6-2-13(3-7-15)10-24-18(26)16-8-4-14(5-9-16)11-27-12-19(20,21)22/h2-9H,10-12H2,1H3,(H,23,25)(H,24,26). The highest BCUT2D eigenvalue weighted by molar-refractivity contribution is 5.94. The molecule has 2 amide bonds. The number of rotatable bonds is 7. The summed E-state index contributed by atoms with van der Waals surface area (Å²) in [7, 11) is 1.55. The van der Waals surface area contributed by atoms with Gasteiger partial charge in [0.05, 0.1) is 6.61 Å². The highest BCUT2D eigenvalue weighted by Gasteiger charge is 2.27. The molecule has 144 valence electrons. The molecule has 0 unspecified atom stereocenters. The van der Waals surface area contributed by atoms with Gasteiger partial charge in [0.15, 0.2) is 0 Å². The van der Waals surface area contributed by atoms with Gasteiger partial charge in [0, 0.05) is 24.7 Å². The van der Waals surface area contributed by atoms with Gasteiger partial charge in [-0.3, -0.25) is 9.59 Å². The molecule has 0 aliphatic carbocycles. The Bertz CT molecular complexity index is 772. The first-order chi connectivity index (χ1) is 12.8. The normalized spacial score (nSPS) is 11.1. The Hall–Kier alpha value is -2.87. The van der Waals surface area contributed by atoms with Crippen molar-refractivity contribution in [2.75, 3.05) is 13.7 Å². The van der Waals surface area contributed by atoms with E-state index in [1.807, 2.05) is 0 Å². The highest BCUT2D eigenvalue weighted by Crippen LogP contribution is 2.16. The number of hydrogen-bond donors (Lipinski definition) is 2. The van der Waals surface area contributed by atoms with Crippen molar-refractivity contribution in [3.05, 3.63) is 70.8 Å². The van der Waals surface area contributed by atoms with Crippen molar-refractivity contribution in [1.82, 2.24) is 10.6 Å². The Morgan fingerprint density at radius 2 is 1.41 bits per heavy atom. The van der Waals surface area contributed by atoms with Crippen LogP contribution in [0.1, 0.15) is 31.8 Å². The van der Waals surface area contributed by atoms with E-state index in [-0.39, 0.29) is 25.0 Å². The van der Waals surface area contributed by atoms with E-state index in [2.05, 4.69) is 15.4 Å². The molecule has 0 aliphatic rings. The number of halogens is 3. The zero-order chi connectivity index (χ0) is 19.9. The van der Waals surface area contributed by atoms with Crippen molar-refractivity contribution in [1.29, 1.82) is 0 Å². The van der Waals surface area contributed by atoms with Crippen molar-refractivity contribution in [3.63, 3.8) is 0 Å². The summed E-state index contributed by atoms with van der Waals surface area (Å²) in [4.78, 5) is 23.6. The molecule has 0 aliphatic heterocycles. The number of carbonyl (C=O) groups is 2. The minimum absolute atomic E-state index is 0.181. The Kier molecular flexibility index (Phi) is 6.95. The van der Waals surface area contributed by atoms with Gasteiger partial charge in [-0.2, -0.15) is 13.2 Å². The molecular formula is C19H19F3N2O3. The second-order valence-electron chi connectivity index (χ2n) is 5.76. The number of nitrogens with one attached hydrogen (secondary N) is 2. The van der Waals surface area contributed by atoms with Crippen LogP contribution < -0.4 is 10.6 Å². The molecule has 27 heavy (non-hydrogen) atoms. The van der Waals surface area contributed by atoms with Crippen molar-refractivity contribution in [2.45, 2.75) is 19.3 Å². The van der Waals surface area contributed by atoms with Gasteiger partial charge in [-0.05, 0) is 35.4 Å². The third-order valence-corrected chi connectivity index (χ3v) is 3.65. The largest absolute Gasteiger partial charge is 0.411 e. The molecule has 2 aromatic carbocycles. The number of ether oxygens (including phenoxy) is 1. The molecule has 0 aromatic heterocycles. The lowest BCUT2D eigenvalue weighted by Gasteiger charge is -2.09. The summed E-state index contributed by atoms with van der Waals surface area (Å²) in [6, 6.07) is 12.9. The molecule has 0 atom stereocenters. The van der Waals surface area contributed by atoms with Crippen LogP contribution in [0.2, 0.25) is 0 Å². The second kappa shape index (κ2) is 9.18. The van der Waals surface area contributed by atoms with Gasteiger partial charge in [-0.1, -0.05) is 24.3 Å². The molecule has 0 radical (unpaired) electrons. The van der Waals surface area contributed by atoms with Crippen LogP contribution in [0.25, 0.3) is 0 Å². The van der Waals surface area contributed by atoms with Crippen LogP contribution in [0.4, 0.5) is 13.2 Å². The van der Waals surface area contributed by atoms with E-state index in [1.165, 1.54) is 12.1 Å². The molecular weight excluding hydrogens is 361 g/mol. The quantitative estimate of drug-likeness (QED) is 0.776. The molecule has 2 N–H and O–H groups in total. The summed E-state index contributed by atoms with van der Waals surface area (Å²) in [5.74, 6) is -0.502. The fourth-order valence-corrected chi connectivity index (χ4v) is 2.24. The average Bonchev–Trinajstić information content (AvgIpc) is 2.65. The maximum atomic E-state index is 12.1.